The molecule has 1 saturated carbocycles. The first-order chi connectivity index (χ1) is 13.9. The van der Waals surface area contributed by atoms with Gasteiger partial charge in [-0.05, 0) is 36.8 Å². The van der Waals surface area contributed by atoms with E-state index in [2.05, 4.69) is 16.9 Å². The van der Waals surface area contributed by atoms with Crippen molar-refractivity contribution < 1.29 is 13.9 Å². The third-order valence-electron chi connectivity index (χ3n) is 5.94. The van der Waals surface area contributed by atoms with Crippen molar-refractivity contribution in [1.29, 1.82) is 0 Å². The summed E-state index contributed by atoms with van der Waals surface area (Å²) in [5, 5.41) is 0.190. The molecular weight excluding hydrogens is 373 g/mol. The van der Waals surface area contributed by atoms with E-state index in [1.54, 1.807) is 12.1 Å². The fourth-order valence-corrected chi connectivity index (χ4v) is 4.68. The minimum atomic E-state index is -0.745. The molecule has 1 fully saturated rings. The number of para-hydroxylation sites is 1. The Morgan fingerprint density at radius 2 is 2.10 bits per heavy atom. The van der Waals surface area contributed by atoms with Gasteiger partial charge in [0.15, 0.2) is 17.0 Å². The van der Waals surface area contributed by atoms with Crippen molar-refractivity contribution in [2.24, 2.45) is 11.7 Å². The Hall–Kier alpha value is -3.22. The number of carbonyl (C=O) groups excluding carboxylic acids is 1. The second kappa shape index (κ2) is 7.31. The van der Waals surface area contributed by atoms with Gasteiger partial charge in [-0.1, -0.05) is 19.1 Å². The highest BCUT2D eigenvalue weighted by molar-refractivity contribution is 6.03. The quantitative estimate of drug-likeness (QED) is 0.707. The number of aromatic amines is 1. The summed E-state index contributed by atoms with van der Waals surface area (Å²) in [6.07, 6.45) is 3.24. The number of hydrogen-bond donors (Lipinski definition) is 2. The van der Waals surface area contributed by atoms with Crippen molar-refractivity contribution in [3.63, 3.8) is 0 Å². The van der Waals surface area contributed by atoms with Crippen LogP contribution in [0.1, 0.15) is 53.3 Å². The maximum absolute atomic E-state index is 14.3. The summed E-state index contributed by atoms with van der Waals surface area (Å²) in [6, 6.07) is 8.12. The number of halogens is 1. The number of pyridine rings is 2. The van der Waals surface area contributed by atoms with Gasteiger partial charge in [0.25, 0.3) is 5.91 Å². The van der Waals surface area contributed by atoms with Crippen molar-refractivity contribution in [3.8, 4) is 5.75 Å². The number of benzene rings is 1. The Bertz CT molecular complexity index is 1160. The van der Waals surface area contributed by atoms with Crippen LogP contribution in [-0.2, 0) is 0 Å². The van der Waals surface area contributed by atoms with Gasteiger partial charge in [0, 0.05) is 29.4 Å². The predicted octanol–water partition coefficient (Wildman–Crippen LogP) is 3.47. The van der Waals surface area contributed by atoms with E-state index >= 15 is 0 Å². The zero-order valence-corrected chi connectivity index (χ0v) is 16.2. The minimum absolute atomic E-state index is 0.00815. The molecule has 4 rings (SSSR count). The number of H-pyrrole nitrogens is 1. The Kier molecular flexibility index (Phi) is 4.82. The molecular formula is C22H22FN3O3. The summed E-state index contributed by atoms with van der Waals surface area (Å²) in [5.74, 6) is -0.625. The number of primary amides is 1. The monoisotopic (exact) mass is 395 g/mol. The standard InChI is InChI=1S/C22H22FN3O3/c1-11-6-7-12(18(11)13-4-3-5-14(23)21(13)29-2)16-10-17(27)19-15(26-16)8-9-25-20(19)22(24)28/h3-5,8-12,18H,6-7H2,1-2H3,(H2,24,28)(H,26,27)/t11-,12-,18+/m1/s1. The van der Waals surface area contributed by atoms with E-state index in [0.717, 1.165) is 24.1 Å². The highest BCUT2D eigenvalue weighted by Gasteiger charge is 2.38. The van der Waals surface area contributed by atoms with Crippen LogP contribution in [0, 0.1) is 11.7 Å². The summed E-state index contributed by atoms with van der Waals surface area (Å²) >= 11 is 0. The maximum atomic E-state index is 14.3. The molecule has 0 unspecified atom stereocenters. The number of nitrogens with zero attached hydrogens (tertiary/aromatic N) is 1. The molecule has 2 heterocycles. The Morgan fingerprint density at radius 3 is 2.83 bits per heavy atom. The van der Waals surface area contributed by atoms with E-state index in [-0.39, 0.29) is 40.0 Å². The number of amides is 1. The van der Waals surface area contributed by atoms with Crippen LogP contribution >= 0.6 is 0 Å². The minimum Gasteiger partial charge on any atom is -0.493 e. The molecule has 0 saturated heterocycles. The van der Waals surface area contributed by atoms with Crippen LogP contribution < -0.4 is 15.9 Å². The second-order valence-electron chi connectivity index (χ2n) is 7.58. The second-order valence-corrected chi connectivity index (χ2v) is 7.58. The van der Waals surface area contributed by atoms with Gasteiger partial charge < -0.3 is 15.5 Å². The molecule has 2 aromatic heterocycles. The lowest BCUT2D eigenvalue weighted by molar-refractivity contribution is 0.0997. The lowest BCUT2D eigenvalue weighted by Crippen LogP contribution is -2.19. The topological polar surface area (TPSA) is 98.1 Å². The van der Waals surface area contributed by atoms with Crippen molar-refractivity contribution >= 4 is 16.8 Å². The van der Waals surface area contributed by atoms with Crippen molar-refractivity contribution in [3.05, 3.63) is 69.5 Å². The van der Waals surface area contributed by atoms with E-state index in [1.807, 2.05) is 6.07 Å². The highest BCUT2D eigenvalue weighted by Crippen LogP contribution is 2.51. The van der Waals surface area contributed by atoms with E-state index in [0.29, 0.717) is 5.52 Å². The summed E-state index contributed by atoms with van der Waals surface area (Å²) < 4.78 is 19.7. The number of nitrogens with one attached hydrogen (secondary N) is 1. The summed E-state index contributed by atoms with van der Waals surface area (Å²) in [7, 11) is 1.47. The van der Waals surface area contributed by atoms with Crippen LogP contribution in [0.5, 0.6) is 5.75 Å². The molecule has 3 aromatic rings. The van der Waals surface area contributed by atoms with Crippen LogP contribution in [0.4, 0.5) is 4.39 Å². The average Bonchev–Trinajstić information content (AvgIpc) is 3.08. The normalized spacial score (nSPS) is 21.4. The first-order valence-electron chi connectivity index (χ1n) is 9.56. The van der Waals surface area contributed by atoms with E-state index < -0.39 is 11.7 Å². The maximum Gasteiger partial charge on any atom is 0.268 e. The highest BCUT2D eigenvalue weighted by atomic mass is 19.1. The molecule has 1 aliphatic carbocycles. The fourth-order valence-electron chi connectivity index (χ4n) is 4.68. The molecule has 1 aliphatic rings. The van der Waals surface area contributed by atoms with Gasteiger partial charge in [-0.2, -0.15) is 0 Å². The molecule has 0 radical (unpaired) electrons. The van der Waals surface area contributed by atoms with Gasteiger partial charge in [-0.25, -0.2) is 4.39 Å². The van der Waals surface area contributed by atoms with Gasteiger partial charge in [0.1, 0.15) is 5.69 Å². The number of methoxy groups -OCH3 is 1. The van der Waals surface area contributed by atoms with Gasteiger partial charge in [-0.3, -0.25) is 14.6 Å². The lowest BCUT2D eigenvalue weighted by atomic mass is 9.81. The number of aromatic nitrogens is 2. The predicted molar refractivity (Wildman–Crippen MR) is 108 cm³/mol. The molecule has 3 N–H and O–H groups in total. The van der Waals surface area contributed by atoms with E-state index in [1.165, 1.54) is 25.4 Å². The molecule has 1 amide bonds. The van der Waals surface area contributed by atoms with Crippen LogP contribution in [0.3, 0.4) is 0 Å². The van der Waals surface area contributed by atoms with Crippen molar-refractivity contribution in [1.82, 2.24) is 9.97 Å². The van der Waals surface area contributed by atoms with Crippen LogP contribution in [0.15, 0.2) is 41.3 Å². The van der Waals surface area contributed by atoms with Gasteiger partial charge in [0.2, 0.25) is 0 Å². The fraction of sp³-hybridized carbons (Fsp3) is 0.318. The molecule has 6 nitrogen and oxygen atoms in total. The van der Waals surface area contributed by atoms with Crippen molar-refractivity contribution in [2.75, 3.05) is 7.11 Å². The zero-order valence-electron chi connectivity index (χ0n) is 16.2. The summed E-state index contributed by atoms with van der Waals surface area (Å²) in [4.78, 5) is 31.7. The first kappa shape index (κ1) is 19.1. The van der Waals surface area contributed by atoms with Crippen molar-refractivity contribution in [2.45, 2.75) is 31.6 Å². The number of rotatable bonds is 4. The van der Waals surface area contributed by atoms with E-state index in [4.69, 9.17) is 10.5 Å². The molecule has 1 aromatic carbocycles. The van der Waals surface area contributed by atoms with Gasteiger partial charge in [-0.15, -0.1) is 0 Å². The SMILES string of the molecule is COc1c(F)cccc1[C@H]1[C@H](C)CC[C@@H]1c1cc(=O)c2c(C(N)=O)nccc2[nH]1. The molecule has 0 spiro atoms. The number of hydrogen-bond acceptors (Lipinski definition) is 4. The first-order valence-corrected chi connectivity index (χ1v) is 9.56. The molecule has 29 heavy (non-hydrogen) atoms. The largest absolute Gasteiger partial charge is 0.493 e. The Morgan fingerprint density at radius 1 is 1.31 bits per heavy atom. The Labute approximate surface area is 166 Å². The van der Waals surface area contributed by atoms with Crippen LogP contribution in [-0.4, -0.2) is 23.0 Å². The smallest absolute Gasteiger partial charge is 0.268 e. The number of ether oxygens (including phenoxy) is 1. The van der Waals surface area contributed by atoms with Crippen LogP contribution in [0.25, 0.3) is 10.9 Å². The zero-order chi connectivity index (χ0) is 20.7. The molecule has 150 valence electrons. The Balaban J connectivity index is 1.86. The van der Waals surface area contributed by atoms with Gasteiger partial charge >= 0.3 is 0 Å². The average molecular weight is 395 g/mol. The lowest BCUT2D eigenvalue weighted by Gasteiger charge is -2.25. The number of nitrogens with two attached hydrogens (primary N) is 1. The van der Waals surface area contributed by atoms with E-state index in [9.17, 15) is 14.0 Å². The molecule has 7 heteroatoms. The third kappa shape index (κ3) is 3.16. The molecule has 0 bridgehead atoms. The number of carbonyl (C=O) groups is 1. The van der Waals surface area contributed by atoms with Gasteiger partial charge in [0.05, 0.1) is 18.0 Å². The summed E-state index contributed by atoms with van der Waals surface area (Å²) in [5.41, 5.74) is 7.09. The summed E-state index contributed by atoms with van der Waals surface area (Å²) in [6.45, 7) is 2.13. The molecule has 0 aliphatic heterocycles. The third-order valence-corrected chi connectivity index (χ3v) is 5.94. The van der Waals surface area contributed by atoms with Crippen LogP contribution in [0.2, 0.25) is 0 Å². The number of fused-ring (bicyclic) bond motifs is 1. The molecule has 3 atom stereocenters.